The van der Waals surface area contributed by atoms with Gasteiger partial charge in [-0.15, -0.1) is 0 Å². The normalized spacial score (nSPS) is 20.6. The highest BCUT2D eigenvalue weighted by Gasteiger charge is 2.46. The molecule has 1 aliphatic heterocycles. The molecule has 0 aromatic heterocycles. The zero-order valence-electron chi connectivity index (χ0n) is 17.3. The van der Waals surface area contributed by atoms with Gasteiger partial charge >= 0.3 is 0 Å². The topological polar surface area (TPSA) is 32.8 Å². The number of benzene rings is 2. The maximum Gasteiger partial charge on any atom is 0.253 e. The molecule has 2 aromatic carbocycles. The monoisotopic (exact) mass is 392 g/mol. The summed E-state index contributed by atoms with van der Waals surface area (Å²) in [7, 11) is 0. The molecule has 1 aliphatic carbocycles. The summed E-state index contributed by atoms with van der Waals surface area (Å²) in [5.74, 6) is 0.142. The lowest BCUT2D eigenvalue weighted by molar-refractivity contribution is -0.00477. The van der Waals surface area contributed by atoms with Gasteiger partial charge in [0.1, 0.15) is 0 Å². The Morgan fingerprint density at radius 2 is 1.55 bits per heavy atom. The van der Waals surface area contributed by atoms with Gasteiger partial charge in [-0.3, -0.25) is 9.69 Å². The fourth-order valence-electron chi connectivity index (χ4n) is 4.17. The smallest absolute Gasteiger partial charge is 0.253 e. The summed E-state index contributed by atoms with van der Waals surface area (Å²) >= 11 is 0. The van der Waals surface area contributed by atoms with E-state index in [0.29, 0.717) is 0 Å². The third-order valence-corrected chi connectivity index (χ3v) is 6.06. The van der Waals surface area contributed by atoms with Gasteiger partial charge in [-0.25, -0.2) is 0 Å². The Morgan fingerprint density at radius 1 is 0.862 bits per heavy atom. The molecule has 0 unspecified atom stereocenters. The fourth-order valence-corrected chi connectivity index (χ4v) is 4.17. The van der Waals surface area contributed by atoms with E-state index in [4.69, 9.17) is 4.74 Å². The number of carbonyl (C=O) groups is 1. The predicted molar refractivity (Wildman–Crippen MR) is 116 cm³/mol. The lowest BCUT2D eigenvalue weighted by Gasteiger charge is -2.30. The average Bonchev–Trinajstić information content (AvgIpc) is 3.52. The van der Waals surface area contributed by atoms with Crippen molar-refractivity contribution in [1.29, 1.82) is 0 Å². The molecule has 4 nitrogen and oxygen atoms in total. The number of rotatable bonds is 3. The second-order valence-corrected chi connectivity index (χ2v) is 8.45. The van der Waals surface area contributed by atoms with Crippen LogP contribution in [0.2, 0.25) is 0 Å². The van der Waals surface area contributed by atoms with Crippen molar-refractivity contribution in [2.75, 3.05) is 32.8 Å². The van der Waals surface area contributed by atoms with E-state index in [0.717, 1.165) is 77.0 Å². The SMILES string of the molecule is O=C(c1ccccc1)N1CCCCCN(Cc2ccccc2)CCOC2(CC2)C1. The Bertz CT molecular complexity index is 774. The minimum absolute atomic E-state index is 0.123. The molecule has 154 valence electrons. The van der Waals surface area contributed by atoms with Crippen molar-refractivity contribution in [1.82, 2.24) is 9.80 Å². The second-order valence-electron chi connectivity index (χ2n) is 8.45. The maximum atomic E-state index is 13.0. The summed E-state index contributed by atoms with van der Waals surface area (Å²) in [5, 5.41) is 0. The van der Waals surface area contributed by atoms with Crippen LogP contribution in [0.15, 0.2) is 60.7 Å². The minimum atomic E-state index is -0.123. The van der Waals surface area contributed by atoms with Gasteiger partial charge in [-0.1, -0.05) is 55.0 Å². The molecular formula is C25H32N2O2. The highest BCUT2D eigenvalue weighted by molar-refractivity contribution is 5.94. The number of hydrogen-bond acceptors (Lipinski definition) is 3. The molecule has 1 spiro atoms. The first kappa shape index (κ1) is 20.1. The van der Waals surface area contributed by atoms with Crippen LogP contribution in [0, 0.1) is 0 Å². The van der Waals surface area contributed by atoms with Gasteiger partial charge in [0.05, 0.1) is 12.2 Å². The predicted octanol–water partition coefficient (Wildman–Crippen LogP) is 4.36. The molecule has 1 saturated heterocycles. The van der Waals surface area contributed by atoms with Gasteiger partial charge in [0.25, 0.3) is 5.91 Å². The Balaban J connectivity index is 1.39. The zero-order chi connectivity index (χ0) is 19.9. The highest BCUT2D eigenvalue weighted by Crippen LogP contribution is 2.40. The molecule has 0 bridgehead atoms. The van der Waals surface area contributed by atoms with Crippen molar-refractivity contribution in [2.24, 2.45) is 0 Å². The van der Waals surface area contributed by atoms with Crippen LogP contribution < -0.4 is 0 Å². The largest absolute Gasteiger partial charge is 0.372 e. The van der Waals surface area contributed by atoms with Gasteiger partial charge in [-0.2, -0.15) is 0 Å². The average molecular weight is 393 g/mol. The van der Waals surface area contributed by atoms with E-state index < -0.39 is 0 Å². The van der Waals surface area contributed by atoms with Crippen LogP contribution >= 0.6 is 0 Å². The maximum absolute atomic E-state index is 13.0. The Morgan fingerprint density at radius 3 is 2.28 bits per heavy atom. The van der Waals surface area contributed by atoms with E-state index in [1.165, 1.54) is 5.56 Å². The first-order chi connectivity index (χ1) is 14.2. The van der Waals surface area contributed by atoms with E-state index in [-0.39, 0.29) is 11.5 Å². The lowest BCUT2D eigenvalue weighted by Crippen LogP contribution is -2.42. The summed E-state index contributed by atoms with van der Waals surface area (Å²) < 4.78 is 6.36. The van der Waals surface area contributed by atoms with Gasteiger partial charge < -0.3 is 9.64 Å². The van der Waals surface area contributed by atoms with E-state index in [2.05, 4.69) is 35.2 Å². The van der Waals surface area contributed by atoms with E-state index in [9.17, 15) is 4.79 Å². The standard InChI is InChI=1S/C25H32N2O2/c28-24(23-12-6-2-7-13-23)27-17-9-3-8-16-26(20-22-10-4-1-5-11-22)18-19-29-25(21-27)14-15-25/h1-2,4-7,10-13H,3,8-9,14-21H2. The van der Waals surface area contributed by atoms with Crippen LogP contribution in [0.5, 0.6) is 0 Å². The molecule has 1 saturated carbocycles. The number of carbonyl (C=O) groups excluding carboxylic acids is 1. The Kier molecular flexibility index (Phi) is 6.63. The van der Waals surface area contributed by atoms with Gasteiger partial charge in [0.2, 0.25) is 0 Å². The van der Waals surface area contributed by atoms with Gasteiger partial charge in [0, 0.05) is 31.7 Å². The molecule has 29 heavy (non-hydrogen) atoms. The molecule has 4 rings (SSSR count). The minimum Gasteiger partial charge on any atom is -0.372 e. The Hall–Kier alpha value is -2.17. The zero-order valence-corrected chi connectivity index (χ0v) is 17.3. The summed E-state index contributed by atoms with van der Waals surface area (Å²) in [6.45, 7) is 5.29. The molecule has 0 N–H and O–H groups in total. The lowest BCUT2D eigenvalue weighted by atomic mass is 10.1. The fraction of sp³-hybridized carbons (Fsp3) is 0.480. The molecule has 4 heteroatoms. The molecule has 1 heterocycles. The number of amides is 1. The molecular weight excluding hydrogens is 360 g/mol. The van der Waals surface area contributed by atoms with Gasteiger partial charge in [0.15, 0.2) is 0 Å². The van der Waals surface area contributed by atoms with Crippen LogP contribution in [0.25, 0.3) is 0 Å². The van der Waals surface area contributed by atoms with Crippen LogP contribution in [0.4, 0.5) is 0 Å². The van der Waals surface area contributed by atoms with Crippen molar-refractivity contribution < 1.29 is 9.53 Å². The van der Waals surface area contributed by atoms with Crippen molar-refractivity contribution in [3.8, 4) is 0 Å². The quantitative estimate of drug-likeness (QED) is 0.778. The molecule has 2 aliphatic rings. The van der Waals surface area contributed by atoms with E-state index >= 15 is 0 Å². The molecule has 2 aromatic rings. The molecule has 0 atom stereocenters. The summed E-state index contributed by atoms with van der Waals surface area (Å²) in [6.07, 6.45) is 5.48. The van der Waals surface area contributed by atoms with Crippen molar-refractivity contribution in [3.05, 3.63) is 71.8 Å². The number of ether oxygens (including phenoxy) is 1. The molecule has 2 fully saturated rings. The van der Waals surface area contributed by atoms with Crippen LogP contribution in [0.3, 0.4) is 0 Å². The van der Waals surface area contributed by atoms with Gasteiger partial charge in [-0.05, 0) is 49.9 Å². The number of hydrogen-bond donors (Lipinski definition) is 0. The highest BCUT2D eigenvalue weighted by atomic mass is 16.5. The number of nitrogens with zero attached hydrogens (tertiary/aromatic N) is 2. The third-order valence-electron chi connectivity index (χ3n) is 6.06. The third kappa shape index (κ3) is 5.68. The Labute approximate surface area is 174 Å². The van der Waals surface area contributed by atoms with Crippen molar-refractivity contribution >= 4 is 5.91 Å². The van der Waals surface area contributed by atoms with E-state index in [1.807, 2.05) is 35.2 Å². The van der Waals surface area contributed by atoms with Crippen molar-refractivity contribution in [3.63, 3.8) is 0 Å². The molecule has 0 radical (unpaired) electrons. The summed E-state index contributed by atoms with van der Waals surface area (Å²) in [4.78, 5) is 17.6. The van der Waals surface area contributed by atoms with E-state index in [1.54, 1.807) is 0 Å². The summed E-state index contributed by atoms with van der Waals surface area (Å²) in [5.41, 5.74) is 2.02. The molecule has 1 amide bonds. The first-order valence-electron chi connectivity index (χ1n) is 11.0. The van der Waals surface area contributed by atoms with Crippen molar-refractivity contribution in [2.45, 2.75) is 44.2 Å². The first-order valence-corrected chi connectivity index (χ1v) is 11.0. The summed E-state index contributed by atoms with van der Waals surface area (Å²) in [6, 6.07) is 20.4. The van der Waals surface area contributed by atoms with Crippen LogP contribution in [-0.4, -0.2) is 54.1 Å². The van der Waals surface area contributed by atoms with Crippen LogP contribution in [0.1, 0.15) is 48.0 Å². The second kappa shape index (κ2) is 9.55. The van der Waals surface area contributed by atoms with Crippen LogP contribution in [-0.2, 0) is 11.3 Å².